The van der Waals surface area contributed by atoms with Crippen LogP contribution in [0.3, 0.4) is 0 Å². The van der Waals surface area contributed by atoms with Gasteiger partial charge in [0.05, 0.1) is 17.6 Å². The van der Waals surface area contributed by atoms with Crippen molar-refractivity contribution in [1.29, 1.82) is 0 Å². The third kappa shape index (κ3) is 3.58. The maximum Gasteiger partial charge on any atom is 0.291 e. The fourth-order valence-electron chi connectivity index (χ4n) is 3.19. The molecule has 148 valence electrons. The zero-order chi connectivity index (χ0) is 20.5. The molecule has 0 saturated heterocycles. The first-order valence-corrected chi connectivity index (χ1v) is 9.27. The van der Waals surface area contributed by atoms with Crippen molar-refractivity contribution in [3.8, 4) is 11.4 Å². The third-order valence-electron chi connectivity index (χ3n) is 4.60. The molecule has 5 rings (SSSR count). The van der Waals surface area contributed by atoms with Gasteiger partial charge in [0.25, 0.3) is 5.91 Å². The summed E-state index contributed by atoms with van der Waals surface area (Å²) in [7, 11) is 0. The molecule has 0 unspecified atom stereocenters. The van der Waals surface area contributed by atoms with Crippen molar-refractivity contribution in [3.05, 3.63) is 90.4 Å². The summed E-state index contributed by atoms with van der Waals surface area (Å²) in [5, 5.41) is 6.93. The molecule has 0 aliphatic rings. The van der Waals surface area contributed by atoms with Crippen LogP contribution in [0.4, 0.5) is 10.1 Å². The summed E-state index contributed by atoms with van der Waals surface area (Å²) in [6.07, 6.45) is 3.50. The number of nitrogens with zero attached hydrogens (tertiary/aromatic N) is 3. The standard InChI is InChI=1S/C22H16FN5O2/c23-15-4-1-3-14(11-15)21-26-18-7-5-16(12-19(18)27-21)25-22(29)20-8-6-17(30-20)13-28-10-2-9-24-28/h1-12H,13H2,(H,25,29)(H,26,27). The number of hydrogen-bond acceptors (Lipinski definition) is 4. The van der Waals surface area contributed by atoms with Crippen LogP contribution in [-0.4, -0.2) is 25.7 Å². The van der Waals surface area contributed by atoms with Gasteiger partial charge in [0.15, 0.2) is 5.76 Å². The van der Waals surface area contributed by atoms with E-state index < -0.39 is 0 Å². The average Bonchev–Trinajstić information content (AvgIpc) is 3.49. The van der Waals surface area contributed by atoms with E-state index in [1.807, 2.05) is 12.3 Å². The van der Waals surface area contributed by atoms with Crippen LogP contribution in [0.25, 0.3) is 22.4 Å². The van der Waals surface area contributed by atoms with E-state index in [1.54, 1.807) is 53.3 Å². The molecule has 0 aliphatic heterocycles. The monoisotopic (exact) mass is 401 g/mol. The molecule has 8 heteroatoms. The van der Waals surface area contributed by atoms with Crippen molar-refractivity contribution in [2.75, 3.05) is 5.32 Å². The molecule has 2 aromatic carbocycles. The van der Waals surface area contributed by atoms with E-state index in [4.69, 9.17) is 4.42 Å². The normalized spacial score (nSPS) is 11.1. The fraction of sp³-hybridized carbons (Fsp3) is 0.0455. The number of fused-ring (bicyclic) bond motifs is 1. The predicted octanol–water partition coefficient (Wildman–Crippen LogP) is 4.46. The van der Waals surface area contributed by atoms with Gasteiger partial charge in [-0.15, -0.1) is 0 Å². The Morgan fingerprint density at radius 3 is 2.90 bits per heavy atom. The second-order valence-electron chi connectivity index (χ2n) is 6.75. The number of anilines is 1. The molecule has 30 heavy (non-hydrogen) atoms. The maximum atomic E-state index is 13.5. The molecule has 0 bridgehead atoms. The number of imidazole rings is 1. The van der Waals surface area contributed by atoms with E-state index in [0.29, 0.717) is 34.9 Å². The van der Waals surface area contributed by atoms with Gasteiger partial charge in [-0.1, -0.05) is 12.1 Å². The summed E-state index contributed by atoms with van der Waals surface area (Å²) in [6.45, 7) is 0.448. The van der Waals surface area contributed by atoms with Gasteiger partial charge in [-0.2, -0.15) is 5.10 Å². The van der Waals surface area contributed by atoms with Crippen molar-refractivity contribution >= 4 is 22.6 Å². The van der Waals surface area contributed by atoms with E-state index in [1.165, 1.54) is 12.1 Å². The number of aromatic nitrogens is 4. The molecule has 3 heterocycles. The zero-order valence-electron chi connectivity index (χ0n) is 15.7. The van der Waals surface area contributed by atoms with Gasteiger partial charge in [0, 0.05) is 23.6 Å². The Bertz CT molecular complexity index is 1340. The smallest absolute Gasteiger partial charge is 0.291 e. The molecule has 1 amide bonds. The number of carbonyl (C=O) groups excluding carboxylic acids is 1. The van der Waals surface area contributed by atoms with Gasteiger partial charge in [0.1, 0.15) is 17.4 Å². The Balaban J connectivity index is 1.34. The fourth-order valence-corrected chi connectivity index (χ4v) is 3.19. The topological polar surface area (TPSA) is 88.7 Å². The molecule has 0 atom stereocenters. The minimum atomic E-state index is -0.356. The zero-order valence-corrected chi connectivity index (χ0v) is 15.7. The number of H-pyrrole nitrogens is 1. The summed E-state index contributed by atoms with van der Waals surface area (Å²) in [5.41, 5.74) is 2.68. The molecule has 2 N–H and O–H groups in total. The molecule has 0 radical (unpaired) electrons. The molecule has 0 spiro atoms. The van der Waals surface area contributed by atoms with E-state index in [0.717, 1.165) is 5.52 Å². The SMILES string of the molecule is O=C(Nc1ccc2nc(-c3cccc(F)c3)[nH]c2c1)c1ccc(Cn2cccn2)o1. The number of halogens is 1. The number of carbonyl (C=O) groups is 1. The number of benzene rings is 2. The lowest BCUT2D eigenvalue weighted by molar-refractivity contribution is 0.0994. The minimum absolute atomic E-state index is 0.210. The van der Waals surface area contributed by atoms with Gasteiger partial charge >= 0.3 is 0 Å². The van der Waals surface area contributed by atoms with Crippen LogP contribution in [-0.2, 0) is 6.54 Å². The molecular formula is C22H16FN5O2. The van der Waals surface area contributed by atoms with Crippen LogP contribution < -0.4 is 5.32 Å². The summed E-state index contributed by atoms with van der Waals surface area (Å²) < 4.78 is 20.8. The minimum Gasteiger partial charge on any atom is -0.454 e. The third-order valence-corrected chi connectivity index (χ3v) is 4.60. The number of nitrogens with one attached hydrogen (secondary N) is 2. The summed E-state index contributed by atoms with van der Waals surface area (Å²) >= 11 is 0. The van der Waals surface area contributed by atoms with E-state index in [-0.39, 0.29) is 17.5 Å². The average molecular weight is 401 g/mol. The maximum absolute atomic E-state index is 13.5. The highest BCUT2D eigenvalue weighted by atomic mass is 19.1. The molecule has 7 nitrogen and oxygen atoms in total. The second-order valence-corrected chi connectivity index (χ2v) is 6.75. The lowest BCUT2D eigenvalue weighted by Gasteiger charge is -2.03. The van der Waals surface area contributed by atoms with Crippen molar-refractivity contribution in [1.82, 2.24) is 19.7 Å². The van der Waals surface area contributed by atoms with Crippen LogP contribution >= 0.6 is 0 Å². The highest BCUT2D eigenvalue weighted by Gasteiger charge is 2.13. The Labute approximate surface area is 170 Å². The number of hydrogen-bond donors (Lipinski definition) is 2. The van der Waals surface area contributed by atoms with Gasteiger partial charge in [-0.05, 0) is 48.5 Å². The van der Waals surface area contributed by atoms with Crippen molar-refractivity contribution in [3.63, 3.8) is 0 Å². The Kier molecular flexibility index (Phi) is 4.36. The molecular weight excluding hydrogens is 385 g/mol. The van der Waals surface area contributed by atoms with E-state index in [9.17, 15) is 9.18 Å². The molecule has 0 fully saturated rings. The number of amides is 1. The van der Waals surface area contributed by atoms with Crippen LogP contribution in [0, 0.1) is 5.82 Å². The van der Waals surface area contributed by atoms with Gasteiger partial charge in [-0.25, -0.2) is 9.37 Å². The van der Waals surface area contributed by atoms with Crippen molar-refractivity contribution < 1.29 is 13.6 Å². The van der Waals surface area contributed by atoms with Crippen LogP contribution in [0.2, 0.25) is 0 Å². The highest BCUT2D eigenvalue weighted by Crippen LogP contribution is 2.24. The van der Waals surface area contributed by atoms with Crippen LogP contribution in [0.1, 0.15) is 16.3 Å². The predicted molar refractivity (Wildman–Crippen MR) is 109 cm³/mol. The van der Waals surface area contributed by atoms with Crippen LogP contribution in [0.5, 0.6) is 0 Å². The summed E-state index contributed by atoms with van der Waals surface area (Å²) in [4.78, 5) is 20.2. The van der Waals surface area contributed by atoms with Crippen LogP contribution in [0.15, 0.2) is 77.5 Å². The largest absolute Gasteiger partial charge is 0.454 e. The van der Waals surface area contributed by atoms with Crippen molar-refractivity contribution in [2.45, 2.75) is 6.54 Å². The first-order chi connectivity index (χ1) is 14.6. The van der Waals surface area contributed by atoms with E-state index in [2.05, 4.69) is 20.4 Å². The van der Waals surface area contributed by atoms with Gasteiger partial charge in [-0.3, -0.25) is 9.48 Å². The molecule has 5 aromatic rings. The molecule has 3 aromatic heterocycles. The Hall–Kier alpha value is -4.20. The highest BCUT2D eigenvalue weighted by molar-refractivity contribution is 6.03. The summed E-state index contributed by atoms with van der Waals surface area (Å²) in [5.74, 6) is 0.717. The van der Waals surface area contributed by atoms with Crippen molar-refractivity contribution in [2.24, 2.45) is 0 Å². The number of aromatic amines is 1. The van der Waals surface area contributed by atoms with Gasteiger partial charge < -0.3 is 14.7 Å². The first-order valence-electron chi connectivity index (χ1n) is 9.27. The summed E-state index contributed by atoms with van der Waals surface area (Å²) in [6, 6.07) is 16.7. The Morgan fingerprint density at radius 1 is 1.13 bits per heavy atom. The number of furan rings is 1. The molecule has 0 aliphatic carbocycles. The first kappa shape index (κ1) is 17.9. The second kappa shape index (κ2) is 7.32. The molecule has 0 saturated carbocycles. The Morgan fingerprint density at radius 2 is 2.07 bits per heavy atom. The quantitative estimate of drug-likeness (QED) is 0.455. The lowest BCUT2D eigenvalue weighted by atomic mass is 10.2. The lowest BCUT2D eigenvalue weighted by Crippen LogP contribution is -2.10. The van der Waals surface area contributed by atoms with E-state index >= 15 is 0 Å². The van der Waals surface area contributed by atoms with Gasteiger partial charge in [0.2, 0.25) is 0 Å². The number of rotatable bonds is 5.